The fraction of sp³-hybridized carbons (Fsp3) is 0.889. The number of urea groups is 1. The van der Waals surface area contributed by atoms with Gasteiger partial charge in [0.1, 0.15) is 5.54 Å². The summed E-state index contributed by atoms with van der Waals surface area (Å²) in [5.74, 6) is 0. The molecule has 1 heterocycles. The fourth-order valence-corrected chi connectivity index (χ4v) is 2.15. The van der Waals surface area contributed by atoms with Crippen LogP contribution in [0.15, 0.2) is 0 Å². The van der Waals surface area contributed by atoms with Gasteiger partial charge >= 0.3 is 6.03 Å². The molecule has 2 amide bonds. The maximum Gasteiger partial charge on any atom is 0.317 e. The first-order valence-electron chi connectivity index (χ1n) is 4.69. The maximum atomic E-state index is 11.2. The van der Waals surface area contributed by atoms with Gasteiger partial charge in [0.2, 0.25) is 0 Å². The van der Waals surface area contributed by atoms with Crippen LogP contribution in [0.5, 0.6) is 0 Å². The normalized spacial score (nSPS) is 38.0. The van der Waals surface area contributed by atoms with E-state index in [4.69, 9.17) is 5.73 Å². The Morgan fingerprint density at radius 2 is 1.93 bits per heavy atom. The molecule has 0 aromatic carbocycles. The van der Waals surface area contributed by atoms with E-state index in [1.54, 1.807) is 6.92 Å². The second kappa shape index (κ2) is 2.84. The summed E-state index contributed by atoms with van der Waals surface area (Å²) in [6.07, 6.45) is 0. The van der Waals surface area contributed by atoms with Gasteiger partial charge in [0, 0.05) is 6.54 Å². The molecule has 0 spiro atoms. The van der Waals surface area contributed by atoms with Gasteiger partial charge in [0.25, 0.3) is 0 Å². The third-order valence-electron chi connectivity index (χ3n) is 3.10. The van der Waals surface area contributed by atoms with Crippen molar-refractivity contribution < 1.29 is 9.90 Å². The van der Waals surface area contributed by atoms with E-state index in [1.807, 2.05) is 20.8 Å². The van der Waals surface area contributed by atoms with Crippen molar-refractivity contribution in [2.24, 2.45) is 11.1 Å². The van der Waals surface area contributed by atoms with Crippen LogP contribution < -0.4 is 16.4 Å². The van der Waals surface area contributed by atoms with E-state index >= 15 is 0 Å². The van der Waals surface area contributed by atoms with Gasteiger partial charge in [0.05, 0.1) is 0 Å². The van der Waals surface area contributed by atoms with E-state index < -0.39 is 11.3 Å². The van der Waals surface area contributed by atoms with Crippen LogP contribution in [0.25, 0.3) is 0 Å². The number of carbonyl (C=O) groups excluding carboxylic acids is 1. The minimum Gasteiger partial charge on any atom is -0.369 e. The zero-order valence-electron chi connectivity index (χ0n) is 9.14. The summed E-state index contributed by atoms with van der Waals surface area (Å²) >= 11 is 0. The average molecular weight is 201 g/mol. The highest BCUT2D eigenvalue weighted by molar-refractivity contribution is 5.79. The SMILES string of the molecule is CC(C)(C)C1(CN)NC(=O)NC1(C)O. The Hall–Kier alpha value is -0.810. The number of carbonyl (C=O) groups is 1. The Balaban J connectivity index is 3.18. The molecule has 5 N–H and O–H groups in total. The number of nitrogens with one attached hydrogen (secondary N) is 2. The molecule has 1 aliphatic rings. The molecule has 1 saturated heterocycles. The molecule has 0 aromatic rings. The Morgan fingerprint density at radius 3 is 2.07 bits per heavy atom. The van der Waals surface area contributed by atoms with E-state index in [2.05, 4.69) is 10.6 Å². The van der Waals surface area contributed by atoms with Crippen molar-refractivity contribution in [2.45, 2.75) is 39.0 Å². The minimum atomic E-state index is -1.32. The van der Waals surface area contributed by atoms with Gasteiger partial charge in [0.15, 0.2) is 5.72 Å². The highest BCUT2D eigenvalue weighted by Gasteiger charge is 2.59. The number of hydrogen-bond acceptors (Lipinski definition) is 3. The quantitative estimate of drug-likeness (QED) is 0.472. The van der Waals surface area contributed by atoms with Crippen molar-refractivity contribution in [3.8, 4) is 0 Å². The Morgan fingerprint density at radius 1 is 1.43 bits per heavy atom. The van der Waals surface area contributed by atoms with E-state index in [0.29, 0.717) is 0 Å². The van der Waals surface area contributed by atoms with E-state index in [9.17, 15) is 9.90 Å². The van der Waals surface area contributed by atoms with Gasteiger partial charge in [-0.1, -0.05) is 20.8 Å². The van der Waals surface area contributed by atoms with Crippen LogP contribution in [-0.2, 0) is 0 Å². The van der Waals surface area contributed by atoms with Crippen LogP contribution in [0.3, 0.4) is 0 Å². The summed E-state index contributed by atoms with van der Waals surface area (Å²) < 4.78 is 0. The largest absolute Gasteiger partial charge is 0.369 e. The Labute approximate surface area is 84.0 Å². The Kier molecular flexibility index (Phi) is 2.28. The lowest BCUT2D eigenvalue weighted by molar-refractivity contribution is -0.0671. The van der Waals surface area contributed by atoms with Crippen molar-refractivity contribution in [2.75, 3.05) is 6.54 Å². The molecule has 0 bridgehead atoms. The topological polar surface area (TPSA) is 87.4 Å². The first-order valence-corrected chi connectivity index (χ1v) is 4.69. The summed E-state index contributed by atoms with van der Waals surface area (Å²) in [7, 11) is 0. The fourth-order valence-electron chi connectivity index (χ4n) is 2.15. The minimum absolute atomic E-state index is 0.183. The second-order valence-corrected chi connectivity index (χ2v) is 5.01. The molecular weight excluding hydrogens is 182 g/mol. The lowest BCUT2D eigenvalue weighted by Crippen LogP contribution is -2.69. The van der Waals surface area contributed by atoms with Crippen molar-refractivity contribution >= 4 is 6.03 Å². The van der Waals surface area contributed by atoms with Crippen LogP contribution in [0, 0.1) is 5.41 Å². The molecule has 0 saturated carbocycles. The molecule has 1 fully saturated rings. The van der Waals surface area contributed by atoms with Crippen LogP contribution >= 0.6 is 0 Å². The summed E-state index contributed by atoms with van der Waals surface area (Å²) in [5.41, 5.74) is 3.19. The molecule has 0 aromatic heterocycles. The second-order valence-electron chi connectivity index (χ2n) is 5.01. The van der Waals surface area contributed by atoms with Crippen LogP contribution in [-0.4, -0.2) is 28.9 Å². The zero-order chi connectivity index (χ0) is 11.2. The number of rotatable bonds is 1. The Bertz CT molecular complexity index is 257. The van der Waals surface area contributed by atoms with Crippen LogP contribution in [0.2, 0.25) is 0 Å². The summed E-state index contributed by atoms with van der Waals surface area (Å²) in [6.45, 7) is 7.54. The predicted octanol–water partition coefficient (Wildman–Crippen LogP) is -0.249. The lowest BCUT2D eigenvalue weighted by Gasteiger charge is -2.47. The van der Waals surface area contributed by atoms with Crippen molar-refractivity contribution in [1.29, 1.82) is 0 Å². The van der Waals surface area contributed by atoms with E-state index in [-0.39, 0.29) is 18.0 Å². The number of hydrogen-bond donors (Lipinski definition) is 4. The molecule has 14 heavy (non-hydrogen) atoms. The molecule has 2 atom stereocenters. The smallest absolute Gasteiger partial charge is 0.317 e. The van der Waals surface area contributed by atoms with Crippen molar-refractivity contribution in [1.82, 2.24) is 10.6 Å². The highest BCUT2D eigenvalue weighted by Crippen LogP contribution is 2.39. The molecule has 1 aliphatic heterocycles. The number of nitrogens with two attached hydrogens (primary N) is 1. The lowest BCUT2D eigenvalue weighted by atomic mass is 9.68. The van der Waals surface area contributed by atoms with E-state index in [1.165, 1.54) is 0 Å². The number of amides is 2. The molecular formula is C9H19N3O2. The summed E-state index contributed by atoms with van der Waals surface area (Å²) in [6, 6.07) is -0.379. The molecule has 82 valence electrons. The molecule has 5 heteroatoms. The first-order chi connectivity index (χ1) is 6.16. The molecule has 1 rings (SSSR count). The molecule has 5 nitrogen and oxygen atoms in total. The van der Waals surface area contributed by atoms with Gasteiger partial charge < -0.3 is 21.5 Å². The average Bonchev–Trinajstić information content (AvgIpc) is 2.18. The monoisotopic (exact) mass is 201 g/mol. The first kappa shape index (κ1) is 11.3. The van der Waals surface area contributed by atoms with Crippen LogP contribution in [0.4, 0.5) is 4.79 Å². The molecule has 0 radical (unpaired) electrons. The van der Waals surface area contributed by atoms with Crippen molar-refractivity contribution in [3.05, 3.63) is 0 Å². The van der Waals surface area contributed by atoms with Gasteiger partial charge in [-0.15, -0.1) is 0 Å². The molecule has 2 unspecified atom stereocenters. The standard InChI is InChI=1S/C9H19N3O2/c1-7(2,3)9(5-10)8(4,14)11-6(13)12-9/h14H,5,10H2,1-4H3,(H2,11,12,13). The van der Waals surface area contributed by atoms with Gasteiger partial charge in [-0.2, -0.15) is 0 Å². The third kappa shape index (κ3) is 1.27. The molecule has 0 aliphatic carbocycles. The van der Waals surface area contributed by atoms with Gasteiger partial charge in [-0.25, -0.2) is 4.79 Å². The van der Waals surface area contributed by atoms with Crippen LogP contribution in [0.1, 0.15) is 27.7 Å². The predicted molar refractivity (Wildman–Crippen MR) is 53.5 cm³/mol. The summed E-state index contributed by atoms with van der Waals surface area (Å²) in [5, 5.41) is 15.3. The van der Waals surface area contributed by atoms with Crippen molar-refractivity contribution in [3.63, 3.8) is 0 Å². The van der Waals surface area contributed by atoms with E-state index in [0.717, 1.165) is 0 Å². The maximum absolute atomic E-state index is 11.2. The number of aliphatic hydroxyl groups is 1. The zero-order valence-corrected chi connectivity index (χ0v) is 9.14. The highest BCUT2D eigenvalue weighted by atomic mass is 16.3. The third-order valence-corrected chi connectivity index (χ3v) is 3.10. The van der Waals surface area contributed by atoms with Gasteiger partial charge in [-0.05, 0) is 12.3 Å². The van der Waals surface area contributed by atoms with Gasteiger partial charge in [-0.3, -0.25) is 0 Å². The summed E-state index contributed by atoms with van der Waals surface area (Å²) in [4.78, 5) is 11.2.